The van der Waals surface area contributed by atoms with Gasteiger partial charge < -0.3 is 10.2 Å². The number of aromatic nitrogens is 1. The van der Waals surface area contributed by atoms with E-state index in [1.165, 1.54) is 0 Å². The highest BCUT2D eigenvalue weighted by atomic mass is 32.1. The van der Waals surface area contributed by atoms with Crippen LogP contribution in [0.5, 0.6) is 0 Å². The molecule has 22 heavy (non-hydrogen) atoms. The summed E-state index contributed by atoms with van der Waals surface area (Å²) < 4.78 is 0. The molecule has 1 saturated heterocycles. The molecule has 0 bridgehead atoms. The van der Waals surface area contributed by atoms with Gasteiger partial charge in [0.05, 0.1) is 16.7 Å². The second kappa shape index (κ2) is 6.77. The fourth-order valence-electron chi connectivity index (χ4n) is 2.71. The van der Waals surface area contributed by atoms with Gasteiger partial charge in [-0.2, -0.15) is 0 Å². The number of likely N-dealkylation sites (tertiary alicyclic amines) is 1. The van der Waals surface area contributed by atoms with E-state index in [0.29, 0.717) is 19.4 Å². The largest absolute Gasteiger partial charge is 0.351 e. The number of nitrogens with one attached hydrogen (secondary N) is 1. The van der Waals surface area contributed by atoms with E-state index in [1.807, 2.05) is 38.0 Å². The molecular weight excluding hydrogens is 298 g/mol. The normalized spacial score (nSPS) is 18.8. The molecule has 1 aliphatic rings. The van der Waals surface area contributed by atoms with E-state index >= 15 is 0 Å². The summed E-state index contributed by atoms with van der Waals surface area (Å²) in [5.41, 5.74) is 0.879. The first kappa shape index (κ1) is 16.9. The van der Waals surface area contributed by atoms with Gasteiger partial charge in [0.25, 0.3) is 0 Å². The predicted octanol–water partition coefficient (Wildman–Crippen LogP) is 2.29. The minimum Gasteiger partial charge on any atom is -0.351 e. The number of carbonyl (C=O) groups is 2. The van der Waals surface area contributed by atoms with Gasteiger partial charge in [-0.1, -0.05) is 0 Å². The van der Waals surface area contributed by atoms with Crippen LogP contribution in [0.1, 0.15) is 50.7 Å². The average molecular weight is 323 g/mol. The van der Waals surface area contributed by atoms with Crippen LogP contribution in [0.3, 0.4) is 0 Å². The topological polar surface area (TPSA) is 62.3 Å². The first-order valence-corrected chi connectivity index (χ1v) is 8.64. The lowest BCUT2D eigenvalue weighted by atomic mass is 10.1. The Kier molecular flexibility index (Phi) is 5.21. The third kappa shape index (κ3) is 4.53. The zero-order valence-electron chi connectivity index (χ0n) is 13.8. The minimum atomic E-state index is -0.182. The maximum absolute atomic E-state index is 12.0. The summed E-state index contributed by atoms with van der Waals surface area (Å²) in [7, 11) is 0. The number of amides is 2. The lowest BCUT2D eigenvalue weighted by molar-refractivity contribution is -0.131. The molecule has 2 amide bonds. The third-order valence-corrected chi connectivity index (χ3v) is 4.63. The van der Waals surface area contributed by atoms with E-state index in [4.69, 9.17) is 0 Å². The average Bonchev–Trinajstić information content (AvgIpc) is 2.95. The molecule has 6 heteroatoms. The Hall–Kier alpha value is -1.43. The fraction of sp³-hybridized carbons (Fsp3) is 0.688. The molecule has 0 aromatic carbocycles. The molecule has 1 aliphatic heterocycles. The highest BCUT2D eigenvalue weighted by molar-refractivity contribution is 7.09. The predicted molar refractivity (Wildman–Crippen MR) is 87.8 cm³/mol. The Balaban J connectivity index is 1.72. The van der Waals surface area contributed by atoms with Crippen LogP contribution in [-0.2, 0) is 16.0 Å². The molecule has 0 aliphatic carbocycles. The Morgan fingerprint density at radius 3 is 2.77 bits per heavy atom. The van der Waals surface area contributed by atoms with Crippen molar-refractivity contribution < 1.29 is 9.59 Å². The summed E-state index contributed by atoms with van der Waals surface area (Å²) in [6.45, 7) is 8.65. The fourth-order valence-corrected chi connectivity index (χ4v) is 3.35. The monoisotopic (exact) mass is 323 g/mol. The molecule has 122 valence electrons. The summed E-state index contributed by atoms with van der Waals surface area (Å²) in [4.78, 5) is 30.2. The standard InChI is InChI=1S/C16H25N3O2S/c1-11-17-12(10-22-11)6-5-7-14(20)18-13-8-15(21)19(9-13)16(2,3)4/h10,13H,5-9H2,1-4H3,(H,18,20). The van der Waals surface area contributed by atoms with Crippen molar-refractivity contribution in [1.82, 2.24) is 15.2 Å². The van der Waals surface area contributed by atoms with Crippen LogP contribution in [0, 0.1) is 6.92 Å². The summed E-state index contributed by atoms with van der Waals surface area (Å²) in [6.07, 6.45) is 2.51. The molecule has 1 atom stereocenters. The third-order valence-electron chi connectivity index (χ3n) is 3.80. The van der Waals surface area contributed by atoms with E-state index in [0.717, 1.165) is 23.5 Å². The molecule has 5 nitrogen and oxygen atoms in total. The van der Waals surface area contributed by atoms with Gasteiger partial charge in [-0.15, -0.1) is 11.3 Å². The molecule has 0 radical (unpaired) electrons. The second-order valence-electron chi connectivity index (χ2n) is 6.86. The molecule has 2 rings (SSSR count). The molecule has 2 heterocycles. The Labute approximate surface area is 136 Å². The number of hydrogen-bond donors (Lipinski definition) is 1. The van der Waals surface area contributed by atoms with E-state index in [1.54, 1.807) is 11.3 Å². The van der Waals surface area contributed by atoms with Gasteiger partial charge in [0, 0.05) is 30.3 Å². The highest BCUT2D eigenvalue weighted by Gasteiger charge is 2.36. The number of carbonyl (C=O) groups excluding carboxylic acids is 2. The van der Waals surface area contributed by atoms with Crippen molar-refractivity contribution in [2.75, 3.05) is 6.54 Å². The maximum atomic E-state index is 12.0. The molecule has 1 aromatic heterocycles. The quantitative estimate of drug-likeness (QED) is 0.904. The molecule has 1 unspecified atom stereocenters. The van der Waals surface area contributed by atoms with Gasteiger partial charge in [-0.25, -0.2) is 4.98 Å². The lowest BCUT2D eigenvalue weighted by Crippen LogP contribution is -2.44. The van der Waals surface area contributed by atoms with Crippen LogP contribution in [0.25, 0.3) is 0 Å². The number of rotatable bonds is 5. The zero-order chi connectivity index (χ0) is 16.3. The first-order chi connectivity index (χ1) is 10.3. The zero-order valence-corrected chi connectivity index (χ0v) is 14.6. The van der Waals surface area contributed by atoms with Crippen molar-refractivity contribution in [3.05, 3.63) is 16.1 Å². The number of thiazole rings is 1. The van der Waals surface area contributed by atoms with Crippen molar-refractivity contribution >= 4 is 23.2 Å². The van der Waals surface area contributed by atoms with Gasteiger partial charge >= 0.3 is 0 Å². The molecule has 1 fully saturated rings. The van der Waals surface area contributed by atoms with E-state index in [9.17, 15) is 9.59 Å². The smallest absolute Gasteiger partial charge is 0.225 e. The van der Waals surface area contributed by atoms with Gasteiger partial charge in [0.1, 0.15) is 0 Å². The van der Waals surface area contributed by atoms with Gasteiger partial charge in [0.15, 0.2) is 0 Å². The van der Waals surface area contributed by atoms with Crippen molar-refractivity contribution in [3.8, 4) is 0 Å². The molecular formula is C16H25N3O2S. The van der Waals surface area contributed by atoms with Crippen LogP contribution < -0.4 is 5.32 Å². The summed E-state index contributed by atoms with van der Waals surface area (Å²) >= 11 is 1.64. The number of aryl methyl sites for hydroxylation is 2. The van der Waals surface area contributed by atoms with E-state index in [2.05, 4.69) is 10.3 Å². The van der Waals surface area contributed by atoms with Crippen LogP contribution in [0.15, 0.2) is 5.38 Å². The lowest BCUT2D eigenvalue weighted by Gasteiger charge is -2.32. The van der Waals surface area contributed by atoms with Gasteiger partial charge in [-0.3, -0.25) is 9.59 Å². The SMILES string of the molecule is Cc1nc(CCCC(=O)NC2CC(=O)N(C(C)(C)C)C2)cs1. The van der Waals surface area contributed by atoms with Crippen LogP contribution >= 0.6 is 11.3 Å². The molecule has 1 N–H and O–H groups in total. The highest BCUT2D eigenvalue weighted by Crippen LogP contribution is 2.22. The molecule has 0 saturated carbocycles. The second-order valence-corrected chi connectivity index (χ2v) is 7.92. The molecule has 0 spiro atoms. The van der Waals surface area contributed by atoms with Crippen LogP contribution in [0.4, 0.5) is 0 Å². The maximum Gasteiger partial charge on any atom is 0.225 e. The summed E-state index contributed by atoms with van der Waals surface area (Å²) in [6, 6.07) is -0.0549. The van der Waals surface area contributed by atoms with Crippen LogP contribution in [-0.4, -0.2) is 39.8 Å². The summed E-state index contributed by atoms with van der Waals surface area (Å²) in [5, 5.41) is 6.09. The van der Waals surface area contributed by atoms with Crippen molar-refractivity contribution in [3.63, 3.8) is 0 Å². The van der Waals surface area contributed by atoms with Crippen molar-refractivity contribution in [2.24, 2.45) is 0 Å². The van der Waals surface area contributed by atoms with E-state index in [-0.39, 0.29) is 23.4 Å². The van der Waals surface area contributed by atoms with Crippen molar-refractivity contribution in [2.45, 2.75) is 65.0 Å². The Morgan fingerprint density at radius 2 is 2.23 bits per heavy atom. The Morgan fingerprint density at radius 1 is 1.50 bits per heavy atom. The number of hydrogen-bond acceptors (Lipinski definition) is 4. The van der Waals surface area contributed by atoms with Gasteiger partial charge in [-0.05, 0) is 40.5 Å². The first-order valence-electron chi connectivity index (χ1n) is 7.76. The van der Waals surface area contributed by atoms with Crippen LogP contribution in [0.2, 0.25) is 0 Å². The van der Waals surface area contributed by atoms with Gasteiger partial charge in [0.2, 0.25) is 11.8 Å². The minimum absolute atomic E-state index is 0.0283. The van der Waals surface area contributed by atoms with Crippen molar-refractivity contribution in [1.29, 1.82) is 0 Å². The summed E-state index contributed by atoms with van der Waals surface area (Å²) in [5.74, 6) is 0.149. The number of nitrogens with zero attached hydrogens (tertiary/aromatic N) is 2. The Bertz CT molecular complexity index is 548. The molecule has 1 aromatic rings. The van der Waals surface area contributed by atoms with E-state index < -0.39 is 0 Å².